The summed E-state index contributed by atoms with van der Waals surface area (Å²) in [6, 6.07) is 15.0. The SMILES string of the molecule is O=C(Nc1ncc2c(n1)C[C@@H](c1ccccc1)CC2=O)c1ccc(F)cc1. The van der Waals surface area contributed by atoms with Crippen molar-refractivity contribution in [3.63, 3.8) is 0 Å². The van der Waals surface area contributed by atoms with Gasteiger partial charge in [-0.3, -0.25) is 14.9 Å². The second-order valence-electron chi connectivity index (χ2n) is 6.45. The highest BCUT2D eigenvalue weighted by Crippen LogP contribution is 2.31. The summed E-state index contributed by atoms with van der Waals surface area (Å²) < 4.78 is 13.0. The molecular formula is C21H16FN3O2. The highest BCUT2D eigenvalue weighted by atomic mass is 19.1. The maximum atomic E-state index is 13.0. The van der Waals surface area contributed by atoms with Crippen molar-refractivity contribution in [1.29, 1.82) is 0 Å². The largest absolute Gasteiger partial charge is 0.294 e. The Morgan fingerprint density at radius 3 is 2.52 bits per heavy atom. The molecule has 2 aromatic carbocycles. The zero-order valence-electron chi connectivity index (χ0n) is 14.4. The molecule has 1 N–H and O–H groups in total. The number of anilines is 1. The first-order valence-electron chi connectivity index (χ1n) is 8.61. The molecule has 1 aliphatic carbocycles. The van der Waals surface area contributed by atoms with Crippen LogP contribution in [0.1, 0.15) is 44.3 Å². The number of rotatable bonds is 3. The summed E-state index contributed by atoms with van der Waals surface area (Å²) in [4.78, 5) is 33.2. The third-order valence-electron chi connectivity index (χ3n) is 4.64. The van der Waals surface area contributed by atoms with Crippen molar-refractivity contribution in [2.24, 2.45) is 0 Å². The van der Waals surface area contributed by atoms with Gasteiger partial charge in [0.1, 0.15) is 5.82 Å². The second-order valence-corrected chi connectivity index (χ2v) is 6.45. The fourth-order valence-electron chi connectivity index (χ4n) is 3.24. The Bertz CT molecular complexity index is 1000. The van der Waals surface area contributed by atoms with Crippen molar-refractivity contribution < 1.29 is 14.0 Å². The zero-order valence-corrected chi connectivity index (χ0v) is 14.4. The number of amides is 1. The van der Waals surface area contributed by atoms with Gasteiger partial charge in [0.25, 0.3) is 5.91 Å². The van der Waals surface area contributed by atoms with Gasteiger partial charge < -0.3 is 0 Å². The maximum absolute atomic E-state index is 13.0. The minimum atomic E-state index is -0.434. The molecule has 0 aliphatic heterocycles. The number of hydrogen-bond donors (Lipinski definition) is 1. The minimum absolute atomic E-state index is 0.00140. The van der Waals surface area contributed by atoms with Crippen LogP contribution in [0.2, 0.25) is 0 Å². The van der Waals surface area contributed by atoms with Crippen LogP contribution in [0.3, 0.4) is 0 Å². The number of nitrogens with zero attached hydrogens (tertiary/aromatic N) is 2. The van der Waals surface area contributed by atoms with E-state index in [1.165, 1.54) is 30.5 Å². The Morgan fingerprint density at radius 2 is 1.78 bits per heavy atom. The molecule has 1 amide bonds. The monoisotopic (exact) mass is 361 g/mol. The third kappa shape index (κ3) is 3.60. The average Bonchev–Trinajstić information content (AvgIpc) is 2.69. The molecule has 4 rings (SSSR count). The molecule has 1 aromatic heterocycles. The van der Waals surface area contributed by atoms with Crippen molar-refractivity contribution in [3.8, 4) is 0 Å². The summed E-state index contributed by atoms with van der Waals surface area (Å²) in [6.07, 6.45) is 2.49. The maximum Gasteiger partial charge on any atom is 0.258 e. The smallest absolute Gasteiger partial charge is 0.258 e. The molecule has 27 heavy (non-hydrogen) atoms. The first kappa shape index (κ1) is 17.0. The van der Waals surface area contributed by atoms with E-state index in [2.05, 4.69) is 15.3 Å². The predicted molar refractivity (Wildman–Crippen MR) is 98.2 cm³/mol. The average molecular weight is 361 g/mol. The van der Waals surface area contributed by atoms with Crippen molar-refractivity contribution in [2.45, 2.75) is 18.8 Å². The first-order valence-corrected chi connectivity index (χ1v) is 8.61. The van der Waals surface area contributed by atoms with Crippen LogP contribution >= 0.6 is 0 Å². The number of ketones is 1. The van der Waals surface area contributed by atoms with E-state index in [4.69, 9.17) is 0 Å². The van der Waals surface area contributed by atoms with Gasteiger partial charge in [-0.2, -0.15) is 0 Å². The molecular weight excluding hydrogens is 345 g/mol. The quantitative estimate of drug-likeness (QED) is 0.771. The summed E-state index contributed by atoms with van der Waals surface area (Å²) >= 11 is 0. The number of nitrogens with one attached hydrogen (secondary N) is 1. The molecule has 1 heterocycles. The van der Waals surface area contributed by atoms with E-state index in [0.29, 0.717) is 29.7 Å². The molecule has 0 bridgehead atoms. The molecule has 0 saturated carbocycles. The lowest BCUT2D eigenvalue weighted by molar-refractivity contribution is 0.0962. The van der Waals surface area contributed by atoms with Crippen molar-refractivity contribution in [3.05, 3.63) is 89.0 Å². The zero-order chi connectivity index (χ0) is 18.8. The predicted octanol–water partition coefficient (Wildman–Crippen LogP) is 3.78. The van der Waals surface area contributed by atoms with Gasteiger partial charge >= 0.3 is 0 Å². The van der Waals surface area contributed by atoms with E-state index in [9.17, 15) is 14.0 Å². The molecule has 0 radical (unpaired) electrons. The fourth-order valence-corrected chi connectivity index (χ4v) is 3.24. The Kier molecular flexibility index (Phi) is 4.46. The first-order chi connectivity index (χ1) is 13.1. The molecule has 5 nitrogen and oxygen atoms in total. The van der Waals surface area contributed by atoms with Crippen LogP contribution in [0.4, 0.5) is 10.3 Å². The summed E-state index contributed by atoms with van der Waals surface area (Å²) in [5.41, 5.74) is 2.52. The summed E-state index contributed by atoms with van der Waals surface area (Å²) in [5, 5.41) is 2.60. The van der Waals surface area contributed by atoms with Gasteiger partial charge in [-0.05, 0) is 42.2 Å². The molecule has 0 fully saturated rings. The molecule has 0 saturated heterocycles. The van der Waals surface area contributed by atoms with Crippen LogP contribution in [0, 0.1) is 5.82 Å². The van der Waals surface area contributed by atoms with Gasteiger partial charge in [0.2, 0.25) is 5.95 Å². The number of fused-ring (bicyclic) bond motifs is 1. The summed E-state index contributed by atoms with van der Waals surface area (Å²) in [6.45, 7) is 0. The van der Waals surface area contributed by atoms with Crippen LogP contribution in [-0.2, 0) is 6.42 Å². The Balaban J connectivity index is 1.57. The van der Waals surface area contributed by atoms with Crippen LogP contribution in [0.15, 0.2) is 60.8 Å². The van der Waals surface area contributed by atoms with Crippen molar-refractivity contribution >= 4 is 17.6 Å². The van der Waals surface area contributed by atoms with E-state index in [0.717, 1.165) is 5.56 Å². The number of benzene rings is 2. The summed E-state index contributed by atoms with van der Waals surface area (Å²) in [7, 11) is 0. The summed E-state index contributed by atoms with van der Waals surface area (Å²) in [5.74, 6) is -0.661. The molecule has 134 valence electrons. The number of Topliss-reactive ketones (excluding diaryl/α,β-unsaturated/α-hetero) is 1. The fraction of sp³-hybridized carbons (Fsp3) is 0.143. The molecule has 1 atom stereocenters. The van der Waals surface area contributed by atoms with Crippen LogP contribution in [0.5, 0.6) is 0 Å². The topological polar surface area (TPSA) is 72.0 Å². The Labute approximate surface area is 155 Å². The minimum Gasteiger partial charge on any atom is -0.294 e. The molecule has 0 unspecified atom stereocenters. The standard InChI is InChI=1S/C21H16FN3O2/c22-16-8-6-14(7-9-16)20(27)25-21-23-12-17-18(24-21)10-15(11-19(17)26)13-4-2-1-3-5-13/h1-9,12,15H,10-11H2,(H,23,24,25,27)/t15-/m1/s1. The van der Waals surface area contributed by atoms with Gasteiger partial charge in [-0.1, -0.05) is 30.3 Å². The number of hydrogen-bond acceptors (Lipinski definition) is 4. The molecule has 6 heteroatoms. The second kappa shape index (κ2) is 7.07. The van der Waals surface area contributed by atoms with Crippen molar-refractivity contribution in [2.75, 3.05) is 5.32 Å². The highest BCUT2D eigenvalue weighted by Gasteiger charge is 2.28. The van der Waals surface area contributed by atoms with E-state index in [1.807, 2.05) is 30.3 Å². The van der Waals surface area contributed by atoms with Gasteiger partial charge in [-0.15, -0.1) is 0 Å². The Hall–Kier alpha value is -3.41. The third-order valence-corrected chi connectivity index (χ3v) is 4.64. The van der Waals surface area contributed by atoms with Crippen molar-refractivity contribution in [1.82, 2.24) is 9.97 Å². The lowest BCUT2D eigenvalue weighted by Gasteiger charge is -2.23. The van der Waals surface area contributed by atoms with Crippen LogP contribution in [-0.4, -0.2) is 21.7 Å². The van der Waals surface area contributed by atoms with E-state index < -0.39 is 11.7 Å². The number of aromatic nitrogens is 2. The van der Waals surface area contributed by atoms with Gasteiger partial charge in [0.15, 0.2) is 5.78 Å². The van der Waals surface area contributed by atoms with Gasteiger partial charge in [0, 0.05) is 18.2 Å². The lowest BCUT2D eigenvalue weighted by Crippen LogP contribution is -2.22. The van der Waals surface area contributed by atoms with Crippen LogP contribution in [0.25, 0.3) is 0 Å². The number of carbonyl (C=O) groups is 2. The number of halogens is 1. The highest BCUT2D eigenvalue weighted by molar-refractivity contribution is 6.03. The van der Waals surface area contributed by atoms with Crippen LogP contribution < -0.4 is 5.32 Å². The van der Waals surface area contributed by atoms with E-state index in [1.54, 1.807) is 0 Å². The molecule has 0 spiro atoms. The normalized spacial score (nSPS) is 15.9. The Morgan fingerprint density at radius 1 is 1.04 bits per heavy atom. The number of carbonyl (C=O) groups excluding carboxylic acids is 2. The lowest BCUT2D eigenvalue weighted by atomic mass is 9.82. The van der Waals surface area contributed by atoms with E-state index >= 15 is 0 Å². The molecule has 1 aliphatic rings. The van der Waals surface area contributed by atoms with E-state index in [-0.39, 0.29) is 17.6 Å². The van der Waals surface area contributed by atoms with Gasteiger partial charge in [-0.25, -0.2) is 14.4 Å². The molecule has 3 aromatic rings. The van der Waals surface area contributed by atoms with Gasteiger partial charge in [0.05, 0.1) is 11.3 Å².